The van der Waals surface area contributed by atoms with E-state index >= 15 is 0 Å². The Labute approximate surface area is 103 Å². The summed E-state index contributed by atoms with van der Waals surface area (Å²) in [6.45, 7) is 0.865. The molecule has 16 heavy (non-hydrogen) atoms. The van der Waals surface area contributed by atoms with Crippen molar-refractivity contribution in [3.05, 3.63) is 45.3 Å². The average molecular weight is 280 g/mol. The highest BCUT2D eigenvalue weighted by molar-refractivity contribution is 9.10. The zero-order valence-electron chi connectivity index (χ0n) is 8.97. The van der Waals surface area contributed by atoms with E-state index in [9.17, 15) is 4.79 Å². The lowest BCUT2D eigenvalue weighted by atomic mass is 9.93. The van der Waals surface area contributed by atoms with Gasteiger partial charge in [-0.15, -0.1) is 0 Å². The van der Waals surface area contributed by atoms with E-state index in [2.05, 4.69) is 28.1 Å². The molecule has 1 saturated carbocycles. The monoisotopic (exact) mass is 279 g/mol. The van der Waals surface area contributed by atoms with Gasteiger partial charge in [0.05, 0.1) is 0 Å². The second kappa shape index (κ2) is 3.88. The van der Waals surface area contributed by atoms with Crippen LogP contribution in [-0.4, -0.2) is 4.57 Å². The molecule has 0 aliphatic heterocycles. The van der Waals surface area contributed by atoms with Crippen LogP contribution in [0, 0.1) is 17.8 Å². The minimum atomic E-state index is 0.106. The van der Waals surface area contributed by atoms with Crippen LogP contribution in [0.15, 0.2) is 39.7 Å². The van der Waals surface area contributed by atoms with E-state index in [1.54, 1.807) is 12.1 Å². The van der Waals surface area contributed by atoms with Crippen LogP contribution in [0.25, 0.3) is 0 Å². The number of allylic oxidation sites excluding steroid dienone is 2. The summed E-state index contributed by atoms with van der Waals surface area (Å²) in [6.07, 6.45) is 9.12. The number of fused-ring (bicyclic) bond motifs is 2. The predicted molar refractivity (Wildman–Crippen MR) is 67.2 cm³/mol. The van der Waals surface area contributed by atoms with Gasteiger partial charge >= 0.3 is 0 Å². The van der Waals surface area contributed by atoms with Crippen LogP contribution in [0.2, 0.25) is 0 Å². The summed E-state index contributed by atoms with van der Waals surface area (Å²) in [5.41, 5.74) is 0.106. The van der Waals surface area contributed by atoms with Crippen molar-refractivity contribution in [3.8, 4) is 0 Å². The Morgan fingerprint density at radius 1 is 1.31 bits per heavy atom. The van der Waals surface area contributed by atoms with E-state index in [0.29, 0.717) is 11.8 Å². The topological polar surface area (TPSA) is 22.0 Å². The number of pyridine rings is 1. The maximum absolute atomic E-state index is 11.7. The lowest BCUT2D eigenvalue weighted by Gasteiger charge is -2.19. The van der Waals surface area contributed by atoms with Gasteiger partial charge in [0.1, 0.15) is 0 Å². The van der Waals surface area contributed by atoms with Crippen LogP contribution in [0.3, 0.4) is 0 Å². The molecule has 2 bridgehead atoms. The second-order valence-corrected chi connectivity index (χ2v) is 5.79. The Hall–Kier alpha value is -0.830. The summed E-state index contributed by atoms with van der Waals surface area (Å²) in [5.74, 6) is 2.13. The van der Waals surface area contributed by atoms with Crippen LogP contribution in [0.5, 0.6) is 0 Å². The molecule has 1 aromatic rings. The van der Waals surface area contributed by atoms with Gasteiger partial charge in [-0.25, -0.2) is 0 Å². The summed E-state index contributed by atoms with van der Waals surface area (Å²) in [6, 6.07) is 3.44. The van der Waals surface area contributed by atoms with Crippen molar-refractivity contribution in [2.24, 2.45) is 17.8 Å². The number of halogens is 1. The Kier molecular flexibility index (Phi) is 2.51. The van der Waals surface area contributed by atoms with Crippen molar-refractivity contribution < 1.29 is 0 Å². The lowest BCUT2D eigenvalue weighted by molar-refractivity contribution is 0.378. The molecule has 3 atom stereocenters. The number of nitrogens with zero attached hydrogens (tertiary/aromatic N) is 1. The minimum absolute atomic E-state index is 0.106. The van der Waals surface area contributed by atoms with Crippen LogP contribution >= 0.6 is 15.9 Å². The Morgan fingerprint density at radius 3 is 2.88 bits per heavy atom. The molecule has 84 valence electrons. The van der Waals surface area contributed by atoms with Gasteiger partial charge in [0, 0.05) is 23.3 Å². The van der Waals surface area contributed by atoms with Crippen LogP contribution in [0.1, 0.15) is 12.8 Å². The number of hydrogen-bond acceptors (Lipinski definition) is 1. The third kappa shape index (κ3) is 1.77. The molecule has 0 N–H and O–H groups in total. The first kappa shape index (κ1) is 10.3. The lowest BCUT2D eigenvalue weighted by Crippen LogP contribution is -2.24. The molecule has 1 fully saturated rings. The Balaban J connectivity index is 1.82. The quantitative estimate of drug-likeness (QED) is 0.763. The van der Waals surface area contributed by atoms with Gasteiger partial charge in [-0.05, 0) is 52.6 Å². The predicted octanol–water partition coefficient (Wildman–Crippen LogP) is 2.82. The number of rotatable bonds is 2. The molecule has 0 radical (unpaired) electrons. The van der Waals surface area contributed by atoms with Crippen molar-refractivity contribution >= 4 is 15.9 Å². The molecule has 0 spiro atoms. The van der Waals surface area contributed by atoms with Gasteiger partial charge in [-0.2, -0.15) is 0 Å². The molecule has 0 amide bonds. The normalized spacial score (nSPS) is 31.2. The highest BCUT2D eigenvalue weighted by atomic mass is 79.9. The van der Waals surface area contributed by atoms with Gasteiger partial charge in [-0.1, -0.05) is 12.2 Å². The maximum Gasteiger partial charge on any atom is 0.250 e. The average Bonchev–Trinajstić information content (AvgIpc) is 2.85. The second-order valence-electron chi connectivity index (χ2n) is 4.88. The summed E-state index contributed by atoms with van der Waals surface area (Å²) in [7, 11) is 0. The highest BCUT2D eigenvalue weighted by Crippen LogP contribution is 2.43. The van der Waals surface area contributed by atoms with E-state index in [-0.39, 0.29) is 5.56 Å². The molecule has 2 nitrogen and oxygen atoms in total. The molecule has 3 heteroatoms. The highest BCUT2D eigenvalue weighted by Gasteiger charge is 2.35. The summed E-state index contributed by atoms with van der Waals surface area (Å²) in [4.78, 5) is 11.7. The van der Waals surface area contributed by atoms with E-state index in [4.69, 9.17) is 0 Å². The van der Waals surface area contributed by atoms with Crippen LogP contribution in [-0.2, 0) is 6.54 Å². The summed E-state index contributed by atoms with van der Waals surface area (Å²) in [5, 5.41) is 0. The maximum atomic E-state index is 11.7. The molecular weight excluding hydrogens is 266 g/mol. The zero-order chi connectivity index (χ0) is 11.1. The van der Waals surface area contributed by atoms with Crippen molar-refractivity contribution in [2.45, 2.75) is 19.4 Å². The molecule has 2 aliphatic carbocycles. The fourth-order valence-corrected chi connectivity index (χ4v) is 3.38. The van der Waals surface area contributed by atoms with Crippen molar-refractivity contribution in [1.29, 1.82) is 0 Å². The molecule has 3 rings (SSSR count). The third-order valence-corrected chi connectivity index (χ3v) is 4.26. The third-order valence-electron chi connectivity index (χ3n) is 3.79. The smallest absolute Gasteiger partial charge is 0.250 e. The van der Waals surface area contributed by atoms with Crippen molar-refractivity contribution in [1.82, 2.24) is 4.57 Å². The molecule has 0 unspecified atom stereocenters. The first-order valence-electron chi connectivity index (χ1n) is 5.77. The van der Waals surface area contributed by atoms with E-state index in [0.717, 1.165) is 16.9 Å². The van der Waals surface area contributed by atoms with Gasteiger partial charge < -0.3 is 4.57 Å². The first-order chi connectivity index (χ1) is 7.72. The van der Waals surface area contributed by atoms with E-state index < -0.39 is 0 Å². The van der Waals surface area contributed by atoms with E-state index in [1.807, 2.05) is 10.8 Å². The molecule has 0 aromatic carbocycles. The Bertz CT molecular complexity index is 491. The Morgan fingerprint density at radius 2 is 2.19 bits per heavy atom. The van der Waals surface area contributed by atoms with Crippen molar-refractivity contribution in [3.63, 3.8) is 0 Å². The summed E-state index contributed by atoms with van der Waals surface area (Å²) < 4.78 is 2.81. The first-order valence-corrected chi connectivity index (χ1v) is 6.56. The standard InChI is InChI=1S/C13H14BrNO/c14-12-3-4-13(16)15(8-12)7-11-6-9-1-2-10(11)5-9/h1-4,8-11H,5-7H2/t9-,10+,11+/m1/s1. The van der Waals surface area contributed by atoms with Crippen LogP contribution < -0.4 is 5.56 Å². The SMILES string of the molecule is O=c1ccc(Br)cn1C[C@@H]1C[C@@H]2C=C[C@H]1C2. The van der Waals surface area contributed by atoms with Crippen LogP contribution in [0.4, 0.5) is 0 Å². The largest absolute Gasteiger partial charge is 0.314 e. The van der Waals surface area contributed by atoms with Gasteiger partial charge in [0.15, 0.2) is 0 Å². The van der Waals surface area contributed by atoms with Gasteiger partial charge in [0.25, 0.3) is 5.56 Å². The molecular formula is C13H14BrNO. The van der Waals surface area contributed by atoms with Gasteiger partial charge in [0.2, 0.25) is 0 Å². The molecule has 2 aliphatic rings. The number of hydrogen-bond donors (Lipinski definition) is 0. The van der Waals surface area contributed by atoms with Gasteiger partial charge in [-0.3, -0.25) is 4.79 Å². The molecule has 1 heterocycles. The zero-order valence-corrected chi connectivity index (χ0v) is 10.6. The molecule has 1 aromatic heterocycles. The van der Waals surface area contributed by atoms with Crippen molar-refractivity contribution in [2.75, 3.05) is 0 Å². The number of aromatic nitrogens is 1. The fraction of sp³-hybridized carbons (Fsp3) is 0.462. The summed E-state index contributed by atoms with van der Waals surface area (Å²) >= 11 is 3.41. The fourth-order valence-electron chi connectivity index (χ4n) is 3.00. The van der Waals surface area contributed by atoms with E-state index in [1.165, 1.54) is 12.8 Å². The molecule has 0 saturated heterocycles. The minimum Gasteiger partial charge on any atom is -0.314 e.